The van der Waals surface area contributed by atoms with E-state index in [1.54, 1.807) is 25.3 Å². The smallest absolute Gasteiger partial charge is 0.243 e. The molecule has 21 heavy (non-hydrogen) atoms. The summed E-state index contributed by atoms with van der Waals surface area (Å²) >= 11 is 11.8. The molecule has 2 aromatic rings. The van der Waals surface area contributed by atoms with Gasteiger partial charge in [0, 0.05) is 15.7 Å². The van der Waals surface area contributed by atoms with E-state index in [1.807, 2.05) is 24.3 Å². The highest BCUT2D eigenvalue weighted by Gasteiger charge is 2.06. The molecule has 0 aromatic heterocycles. The number of benzene rings is 2. The van der Waals surface area contributed by atoms with E-state index in [4.69, 9.17) is 27.9 Å². The normalized spacial score (nSPS) is 10.0. The number of hydrogen-bond acceptors (Lipinski definition) is 3. The third-order valence-corrected chi connectivity index (χ3v) is 3.13. The maximum absolute atomic E-state index is 11.9. The molecule has 0 fully saturated rings. The van der Waals surface area contributed by atoms with Gasteiger partial charge in [-0.25, -0.2) is 0 Å². The van der Waals surface area contributed by atoms with Crippen molar-refractivity contribution >= 4 is 40.5 Å². The Labute approximate surface area is 133 Å². The molecule has 0 aliphatic rings. The van der Waals surface area contributed by atoms with Crippen molar-refractivity contribution in [1.82, 2.24) is 0 Å². The molecule has 4 nitrogen and oxygen atoms in total. The van der Waals surface area contributed by atoms with E-state index in [-0.39, 0.29) is 12.5 Å². The third kappa shape index (κ3) is 4.55. The van der Waals surface area contributed by atoms with Crippen LogP contribution in [0.4, 0.5) is 11.4 Å². The van der Waals surface area contributed by atoms with E-state index < -0.39 is 0 Å². The maximum Gasteiger partial charge on any atom is 0.243 e. The van der Waals surface area contributed by atoms with Crippen LogP contribution in [0.2, 0.25) is 10.0 Å². The van der Waals surface area contributed by atoms with Crippen LogP contribution in [0, 0.1) is 0 Å². The molecule has 0 saturated heterocycles. The minimum absolute atomic E-state index is 0.102. The van der Waals surface area contributed by atoms with Gasteiger partial charge >= 0.3 is 0 Å². The zero-order valence-electron chi connectivity index (χ0n) is 11.3. The zero-order valence-corrected chi connectivity index (χ0v) is 12.8. The molecule has 2 N–H and O–H groups in total. The summed E-state index contributed by atoms with van der Waals surface area (Å²) in [5, 5.41) is 6.67. The van der Waals surface area contributed by atoms with Crippen molar-refractivity contribution in [2.24, 2.45) is 0 Å². The van der Waals surface area contributed by atoms with Crippen LogP contribution in [0.1, 0.15) is 0 Å². The topological polar surface area (TPSA) is 50.4 Å². The number of carbonyl (C=O) groups excluding carboxylic acids is 1. The van der Waals surface area contributed by atoms with Crippen molar-refractivity contribution in [2.75, 3.05) is 24.3 Å². The largest absolute Gasteiger partial charge is 0.495 e. The number of rotatable bonds is 5. The van der Waals surface area contributed by atoms with Gasteiger partial charge in [0.05, 0.1) is 19.3 Å². The van der Waals surface area contributed by atoms with E-state index in [1.165, 1.54) is 0 Å². The Morgan fingerprint density at radius 1 is 1.14 bits per heavy atom. The van der Waals surface area contributed by atoms with Crippen LogP contribution in [0.3, 0.4) is 0 Å². The fourth-order valence-electron chi connectivity index (χ4n) is 1.80. The minimum Gasteiger partial charge on any atom is -0.495 e. The summed E-state index contributed by atoms with van der Waals surface area (Å²) in [4.78, 5) is 11.9. The SMILES string of the molecule is COc1ccccc1NCC(=O)Nc1cc(Cl)cc(Cl)c1. The summed E-state index contributed by atoms with van der Waals surface area (Å²) in [6, 6.07) is 12.2. The molecular formula is C15H14Cl2N2O2. The predicted molar refractivity (Wildman–Crippen MR) is 86.6 cm³/mol. The van der Waals surface area contributed by atoms with Crippen molar-refractivity contribution in [3.8, 4) is 5.75 Å². The van der Waals surface area contributed by atoms with E-state index in [0.717, 1.165) is 5.69 Å². The molecule has 0 heterocycles. The average molecular weight is 325 g/mol. The second-order valence-corrected chi connectivity index (χ2v) is 5.13. The monoisotopic (exact) mass is 324 g/mol. The first-order valence-electron chi connectivity index (χ1n) is 6.21. The van der Waals surface area contributed by atoms with Gasteiger partial charge in [-0.1, -0.05) is 35.3 Å². The molecule has 1 amide bonds. The highest BCUT2D eigenvalue weighted by atomic mass is 35.5. The first-order chi connectivity index (χ1) is 10.1. The summed E-state index contributed by atoms with van der Waals surface area (Å²) in [6.45, 7) is 0.102. The van der Waals surface area contributed by atoms with Crippen molar-refractivity contribution in [3.63, 3.8) is 0 Å². The summed E-state index contributed by atoms with van der Waals surface area (Å²) in [6.07, 6.45) is 0. The Balaban J connectivity index is 1.96. The van der Waals surface area contributed by atoms with Gasteiger partial charge in [0.2, 0.25) is 5.91 Å². The molecule has 110 valence electrons. The van der Waals surface area contributed by atoms with Crippen LogP contribution in [0.25, 0.3) is 0 Å². The van der Waals surface area contributed by atoms with Gasteiger partial charge in [-0.3, -0.25) is 4.79 Å². The van der Waals surface area contributed by atoms with E-state index in [0.29, 0.717) is 21.5 Å². The quantitative estimate of drug-likeness (QED) is 0.872. The lowest BCUT2D eigenvalue weighted by Gasteiger charge is -2.11. The number of ether oxygens (including phenoxy) is 1. The van der Waals surface area contributed by atoms with Crippen LogP contribution in [0.15, 0.2) is 42.5 Å². The van der Waals surface area contributed by atoms with Gasteiger partial charge in [-0.05, 0) is 30.3 Å². The maximum atomic E-state index is 11.9. The number of carbonyl (C=O) groups is 1. The number of methoxy groups -OCH3 is 1. The molecule has 0 radical (unpaired) electrons. The highest BCUT2D eigenvalue weighted by Crippen LogP contribution is 2.24. The second-order valence-electron chi connectivity index (χ2n) is 4.26. The lowest BCUT2D eigenvalue weighted by Crippen LogP contribution is -2.21. The van der Waals surface area contributed by atoms with Crippen LogP contribution in [-0.4, -0.2) is 19.6 Å². The Hall–Kier alpha value is -1.91. The molecule has 0 aliphatic heterocycles. The lowest BCUT2D eigenvalue weighted by atomic mass is 10.3. The Bertz CT molecular complexity index is 627. The molecule has 2 rings (SSSR count). The summed E-state index contributed by atoms with van der Waals surface area (Å²) < 4.78 is 5.20. The Morgan fingerprint density at radius 3 is 2.48 bits per heavy atom. The third-order valence-electron chi connectivity index (χ3n) is 2.69. The molecule has 0 saturated carbocycles. The van der Waals surface area contributed by atoms with Crippen molar-refractivity contribution in [3.05, 3.63) is 52.5 Å². The number of anilines is 2. The molecule has 0 spiro atoms. The number of hydrogen-bond donors (Lipinski definition) is 2. The summed E-state index contributed by atoms with van der Waals surface area (Å²) in [5.74, 6) is 0.468. The summed E-state index contributed by atoms with van der Waals surface area (Å²) in [5.41, 5.74) is 1.30. The first kappa shape index (κ1) is 15.5. The second kappa shape index (κ2) is 7.20. The van der Waals surface area contributed by atoms with Gasteiger partial charge in [-0.2, -0.15) is 0 Å². The minimum atomic E-state index is -0.209. The molecule has 6 heteroatoms. The number of amides is 1. The highest BCUT2D eigenvalue weighted by molar-refractivity contribution is 6.35. The van der Waals surface area contributed by atoms with Crippen molar-refractivity contribution in [1.29, 1.82) is 0 Å². The predicted octanol–water partition coefficient (Wildman–Crippen LogP) is 4.05. The van der Waals surface area contributed by atoms with Crippen LogP contribution < -0.4 is 15.4 Å². The van der Waals surface area contributed by atoms with Crippen molar-refractivity contribution in [2.45, 2.75) is 0 Å². The molecular weight excluding hydrogens is 311 g/mol. The average Bonchev–Trinajstić information content (AvgIpc) is 2.44. The molecule has 2 aromatic carbocycles. The molecule has 0 atom stereocenters. The number of para-hydroxylation sites is 2. The Kier molecular flexibility index (Phi) is 5.31. The zero-order chi connectivity index (χ0) is 15.2. The van der Waals surface area contributed by atoms with E-state index >= 15 is 0 Å². The molecule has 0 unspecified atom stereocenters. The fourth-order valence-corrected chi connectivity index (χ4v) is 2.32. The van der Waals surface area contributed by atoms with Gasteiger partial charge in [0.25, 0.3) is 0 Å². The van der Waals surface area contributed by atoms with E-state index in [9.17, 15) is 4.79 Å². The van der Waals surface area contributed by atoms with Gasteiger partial charge < -0.3 is 15.4 Å². The van der Waals surface area contributed by atoms with Crippen LogP contribution in [-0.2, 0) is 4.79 Å². The standard InChI is InChI=1S/C15H14Cl2N2O2/c1-21-14-5-3-2-4-13(14)18-9-15(20)19-12-7-10(16)6-11(17)8-12/h2-8,18H,9H2,1H3,(H,19,20). The first-order valence-corrected chi connectivity index (χ1v) is 6.97. The van der Waals surface area contributed by atoms with Gasteiger partial charge in [0.15, 0.2) is 0 Å². The molecule has 0 bridgehead atoms. The number of halogens is 2. The number of nitrogens with one attached hydrogen (secondary N) is 2. The molecule has 0 aliphatic carbocycles. The van der Waals surface area contributed by atoms with Crippen molar-refractivity contribution < 1.29 is 9.53 Å². The van der Waals surface area contributed by atoms with Crippen LogP contribution >= 0.6 is 23.2 Å². The Morgan fingerprint density at radius 2 is 1.81 bits per heavy atom. The summed E-state index contributed by atoms with van der Waals surface area (Å²) in [7, 11) is 1.58. The lowest BCUT2D eigenvalue weighted by molar-refractivity contribution is -0.114. The van der Waals surface area contributed by atoms with E-state index in [2.05, 4.69) is 10.6 Å². The van der Waals surface area contributed by atoms with Gasteiger partial charge in [-0.15, -0.1) is 0 Å². The van der Waals surface area contributed by atoms with Gasteiger partial charge in [0.1, 0.15) is 5.75 Å². The van der Waals surface area contributed by atoms with Crippen LogP contribution in [0.5, 0.6) is 5.75 Å². The fraction of sp³-hybridized carbons (Fsp3) is 0.133.